The van der Waals surface area contributed by atoms with E-state index in [0.717, 1.165) is 10.9 Å². The zero-order valence-electron chi connectivity index (χ0n) is 6.67. The second kappa shape index (κ2) is 2.81. The maximum atomic E-state index is 12.9. The van der Waals surface area contributed by atoms with E-state index >= 15 is 0 Å². The van der Waals surface area contributed by atoms with Crippen LogP contribution < -0.4 is 5.73 Å². The Morgan fingerprint density at radius 1 is 1.46 bits per heavy atom. The number of hydrogen-bond donors (Lipinski definition) is 2. The second-order valence-corrected chi connectivity index (χ2v) is 3.20. The van der Waals surface area contributed by atoms with Crippen LogP contribution in [0.3, 0.4) is 0 Å². The molecular formula is C9H7FN2S. The van der Waals surface area contributed by atoms with Crippen molar-refractivity contribution in [1.29, 1.82) is 0 Å². The van der Waals surface area contributed by atoms with Crippen LogP contribution in [0.25, 0.3) is 10.9 Å². The Hall–Kier alpha value is -1.42. The van der Waals surface area contributed by atoms with Gasteiger partial charge in [-0.05, 0) is 18.2 Å². The van der Waals surface area contributed by atoms with Gasteiger partial charge in [0.25, 0.3) is 0 Å². The first-order chi connectivity index (χ1) is 6.18. The molecule has 0 atom stereocenters. The number of hydrogen-bond acceptors (Lipinski definition) is 1. The number of H-pyrrole nitrogens is 1. The van der Waals surface area contributed by atoms with Crippen molar-refractivity contribution in [3.05, 3.63) is 35.8 Å². The van der Waals surface area contributed by atoms with Crippen LogP contribution in [0.1, 0.15) is 5.56 Å². The molecule has 1 aromatic heterocycles. The summed E-state index contributed by atoms with van der Waals surface area (Å²) >= 11 is 4.82. The van der Waals surface area contributed by atoms with Crippen LogP contribution in [0.4, 0.5) is 4.39 Å². The average molecular weight is 194 g/mol. The fourth-order valence-corrected chi connectivity index (χ4v) is 1.47. The predicted molar refractivity (Wildman–Crippen MR) is 54.1 cm³/mol. The molecule has 0 radical (unpaired) electrons. The van der Waals surface area contributed by atoms with Gasteiger partial charge in [-0.1, -0.05) is 12.2 Å². The zero-order chi connectivity index (χ0) is 9.42. The highest BCUT2D eigenvalue weighted by molar-refractivity contribution is 7.80. The zero-order valence-corrected chi connectivity index (χ0v) is 7.49. The van der Waals surface area contributed by atoms with Gasteiger partial charge in [0.15, 0.2) is 0 Å². The van der Waals surface area contributed by atoms with Gasteiger partial charge in [-0.3, -0.25) is 0 Å². The Morgan fingerprint density at radius 3 is 2.92 bits per heavy atom. The van der Waals surface area contributed by atoms with Gasteiger partial charge in [-0.15, -0.1) is 0 Å². The van der Waals surface area contributed by atoms with E-state index in [0.29, 0.717) is 5.56 Å². The second-order valence-electron chi connectivity index (χ2n) is 2.76. The van der Waals surface area contributed by atoms with Gasteiger partial charge in [-0.2, -0.15) is 0 Å². The molecule has 0 aliphatic carbocycles. The Kier molecular flexibility index (Phi) is 1.77. The lowest BCUT2D eigenvalue weighted by atomic mass is 10.2. The third-order valence-corrected chi connectivity index (χ3v) is 2.13. The molecule has 0 unspecified atom stereocenters. The van der Waals surface area contributed by atoms with Crippen molar-refractivity contribution >= 4 is 28.1 Å². The Labute approximate surface area is 79.6 Å². The van der Waals surface area contributed by atoms with Gasteiger partial charge in [0.1, 0.15) is 10.8 Å². The van der Waals surface area contributed by atoms with Crippen molar-refractivity contribution in [2.75, 3.05) is 0 Å². The molecule has 4 heteroatoms. The first-order valence-electron chi connectivity index (χ1n) is 3.75. The fourth-order valence-electron chi connectivity index (χ4n) is 1.30. The molecule has 0 fully saturated rings. The normalized spacial score (nSPS) is 10.5. The molecule has 0 saturated carbocycles. The third kappa shape index (κ3) is 1.29. The lowest BCUT2D eigenvalue weighted by Gasteiger charge is -1.94. The fraction of sp³-hybridized carbons (Fsp3) is 0. The van der Waals surface area contributed by atoms with Crippen molar-refractivity contribution in [3.8, 4) is 0 Å². The van der Waals surface area contributed by atoms with Crippen LogP contribution in [0.5, 0.6) is 0 Å². The molecule has 2 aromatic rings. The number of rotatable bonds is 1. The van der Waals surface area contributed by atoms with Crippen LogP contribution in [-0.2, 0) is 0 Å². The third-order valence-electron chi connectivity index (χ3n) is 1.91. The van der Waals surface area contributed by atoms with Crippen molar-refractivity contribution in [1.82, 2.24) is 4.98 Å². The minimum atomic E-state index is -0.287. The van der Waals surface area contributed by atoms with Gasteiger partial charge in [-0.25, -0.2) is 4.39 Å². The number of thiocarbonyl (C=S) groups is 1. The topological polar surface area (TPSA) is 41.8 Å². The van der Waals surface area contributed by atoms with E-state index in [9.17, 15) is 4.39 Å². The summed E-state index contributed by atoms with van der Waals surface area (Å²) in [4.78, 5) is 3.24. The number of nitrogens with one attached hydrogen (secondary N) is 1. The largest absolute Gasteiger partial charge is 0.389 e. The van der Waals surface area contributed by atoms with E-state index in [2.05, 4.69) is 4.98 Å². The smallest absolute Gasteiger partial charge is 0.123 e. The van der Waals surface area contributed by atoms with Crippen LogP contribution in [0.15, 0.2) is 24.4 Å². The standard InChI is InChI=1S/C9H7FN2S/c10-5-1-2-8-6(3-5)7(4-12-8)9(11)13/h1-4,12H,(H2,11,13). The Bertz CT molecular complexity index is 475. The van der Waals surface area contributed by atoms with Crippen LogP contribution >= 0.6 is 12.2 Å². The lowest BCUT2D eigenvalue weighted by molar-refractivity contribution is 0.629. The van der Waals surface area contributed by atoms with E-state index < -0.39 is 0 Å². The van der Waals surface area contributed by atoms with Gasteiger partial charge in [0.05, 0.1) is 0 Å². The Balaban J connectivity index is 2.79. The lowest BCUT2D eigenvalue weighted by Crippen LogP contribution is -2.08. The SMILES string of the molecule is NC(=S)c1c[nH]c2ccc(F)cc12. The highest BCUT2D eigenvalue weighted by atomic mass is 32.1. The molecule has 0 aliphatic heterocycles. The molecule has 0 amide bonds. The quantitative estimate of drug-likeness (QED) is 0.681. The van der Waals surface area contributed by atoms with Gasteiger partial charge in [0.2, 0.25) is 0 Å². The molecule has 1 aromatic carbocycles. The van der Waals surface area contributed by atoms with E-state index in [1.807, 2.05) is 0 Å². The minimum absolute atomic E-state index is 0.275. The number of aromatic amines is 1. The van der Waals surface area contributed by atoms with E-state index in [-0.39, 0.29) is 10.8 Å². The van der Waals surface area contributed by atoms with Crippen molar-refractivity contribution in [3.63, 3.8) is 0 Å². The molecule has 0 saturated heterocycles. The summed E-state index contributed by atoms with van der Waals surface area (Å²) in [5, 5.41) is 0.729. The molecule has 1 heterocycles. The number of aromatic nitrogens is 1. The van der Waals surface area contributed by atoms with Gasteiger partial charge < -0.3 is 10.7 Å². The molecule has 13 heavy (non-hydrogen) atoms. The van der Waals surface area contributed by atoms with Crippen LogP contribution in [0.2, 0.25) is 0 Å². The molecular weight excluding hydrogens is 187 g/mol. The average Bonchev–Trinajstić information content (AvgIpc) is 2.46. The van der Waals surface area contributed by atoms with Crippen LogP contribution in [0, 0.1) is 5.82 Å². The van der Waals surface area contributed by atoms with Crippen molar-refractivity contribution < 1.29 is 4.39 Å². The number of benzene rings is 1. The van der Waals surface area contributed by atoms with E-state index in [1.54, 1.807) is 12.3 Å². The summed E-state index contributed by atoms with van der Waals surface area (Å²) in [6.45, 7) is 0. The number of fused-ring (bicyclic) bond motifs is 1. The summed E-state index contributed by atoms with van der Waals surface area (Å²) in [7, 11) is 0. The van der Waals surface area contributed by atoms with Gasteiger partial charge in [0, 0.05) is 22.7 Å². The maximum Gasteiger partial charge on any atom is 0.123 e. The highest BCUT2D eigenvalue weighted by Gasteiger charge is 2.05. The monoisotopic (exact) mass is 194 g/mol. The summed E-state index contributed by atoms with van der Waals surface area (Å²) in [5.41, 5.74) is 6.99. The summed E-state index contributed by atoms with van der Waals surface area (Å²) in [6.07, 6.45) is 1.69. The summed E-state index contributed by atoms with van der Waals surface area (Å²) in [5.74, 6) is -0.287. The maximum absolute atomic E-state index is 12.9. The number of halogens is 1. The summed E-state index contributed by atoms with van der Waals surface area (Å²) < 4.78 is 12.9. The molecule has 3 N–H and O–H groups in total. The molecule has 0 aliphatic rings. The molecule has 0 bridgehead atoms. The summed E-state index contributed by atoms with van der Waals surface area (Å²) in [6, 6.07) is 4.47. The van der Waals surface area contributed by atoms with Crippen molar-refractivity contribution in [2.24, 2.45) is 5.73 Å². The number of nitrogens with two attached hydrogens (primary N) is 1. The molecule has 2 rings (SSSR count). The molecule has 2 nitrogen and oxygen atoms in total. The highest BCUT2D eigenvalue weighted by Crippen LogP contribution is 2.18. The predicted octanol–water partition coefficient (Wildman–Crippen LogP) is 1.94. The first kappa shape index (κ1) is 8.19. The minimum Gasteiger partial charge on any atom is -0.389 e. The molecule has 66 valence electrons. The Morgan fingerprint density at radius 2 is 2.23 bits per heavy atom. The first-order valence-corrected chi connectivity index (χ1v) is 4.16. The van der Waals surface area contributed by atoms with Crippen LogP contribution in [-0.4, -0.2) is 9.97 Å². The van der Waals surface area contributed by atoms with E-state index in [4.69, 9.17) is 18.0 Å². The van der Waals surface area contributed by atoms with Crippen molar-refractivity contribution in [2.45, 2.75) is 0 Å². The molecule has 0 spiro atoms. The van der Waals surface area contributed by atoms with E-state index in [1.165, 1.54) is 12.1 Å². The van der Waals surface area contributed by atoms with Gasteiger partial charge >= 0.3 is 0 Å².